The first-order chi connectivity index (χ1) is 11.0. The van der Waals surface area contributed by atoms with E-state index in [-0.39, 0.29) is 11.9 Å². The molecule has 0 radical (unpaired) electrons. The van der Waals surface area contributed by atoms with E-state index in [2.05, 4.69) is 33.9 Å². The van der Waals surface area contributed by atoms with E-state index in [0.29, 0.717) is 18.9 Å². The SMILES string of the molecule is CCOC(=O)C1(C(C)C)CCN(c2ncnc3onc(C)c23)C1. The van der Waals surface area contributed by atoms with Crippen molar-refractivity contribution in [2.45, 2.75) is 34.1 Å². The van der Waals surface area contributed by atoms with Gasteiger partial charge in [0, 0.05) is 13.1 Å². The van der Waals surface area contributed by atoms with Crippen LogP contribution in [0.3, 0.4) is 0 Å². The zero-order valence-corrected chi connectivity index (χ0v) is 14.0. The van der Waals surface area contributed by atoms with Gasteiger partial charge in [0.25, 0.3) is 5.71 Å². The molecule has 1 aliphatic rings. The van der Waals surface area contributed by atoms with Crippen LogP contribution >= 0.6 is 0 Å². The van der Waals surface area contributed by atoms with Crippen molar-refractivity contribution < 1.29 is 14.1 Å². The Morgan fingerprint density at radius 1 is 1.48 bits per heavy atom. The van der Waals surface area contributed by atoms with Crippen molar-refractivity contribution in [1.82, 2.24) is 15.1 Å². The first-order valence-electron chi connectivity index (χ1n) is 7.98. The van der Waals surface area contributed by atoms with Crippen LogP contribution < -0.4 is 4.90 Å². The normalized spacial score (nSPS) is 21.3. The molecule has 0 N–H and O–H groups in total. The van der Waals surface area contributed by atoms with Crippen molar-refractivity contribution >= 4 is 22.9 Å². The number of nitrogens with zero attached hydrogens (tertiary/aromatic N) is 4. The Hall–Kier alpha value is -2.18. The molecule has 1 fully saturated rings. The van der Waals surface area contributed by atoms with Gasteiger partial charge in [0.2, 0.25) is 0 Å². The Labute approximate surface area is 135 Å². The summed E-state index contributed by atoms with van der Waals surface area (Å²) in [5.74, 6) is 0.845. The van der Waals surface area contributed by atoms with Gasteiger partial charge < -0.3 is 14.2 Å². The minimum absolute atomic E-state index is 0.121. The fourth-order valence-corrected chi connectivity index (χ4v) is 3.31. The molecule has 3 heterocycles. The van der Waals surface area contributed by atoms with Crippen LogP contribution in [-0.4, -0.2) is 40.8 Å². The third-order valence-corrected chi connectivity index (χ3v) is 4.81. The fourth-order valence-electron chi connectivity index (χ4n) is 3.31. The number of fused-ring (bicyclic) bond motifs is 1. The molecule has 0 aromatic carbocycles. The van der Waals surface area contributed by atoms with Gasteiger partial charge in [-0.15, -0.1) is 0 Å². The van der Waals surface area contributed by atoms with Crippen molar-refractivity contribution in [3.05, 3.63) is 12.0 Å². The molecule has 1 unspecified atom stereocenters. The number of aryl methyl sites for hydroxylation is 1. The van der Waals surface area contributed by atoms with Crippen molar-refractivity contribution in [2.75, 3.05) is 24.6 Å². The van der Waals surface area contributed by atoms with Crippen LogP contribution in [-0.2, 0) is 9.53 Å². The van der Waals surface area contributed by atoms with Gasteiger partial charge in [-0.1, -0.05) is 19.0 Å². The molecule has 7 heteroatoms. The summed E-state index contributed by atoms with van der Waals surface area (Å²) in [6.45, 7) is 9.58. The summed E-state index contributed by atoms with van der Waals surface area (Å²) in [5.41, 5.74) is 0.734. The van der Waals surface area contributed by atoms with Gasteiger partial charge in [-0.25, -0.2) is 4.98 Å². The summed E-state index contributed by atoms with van der Waals surface area (Å²) < 4.78 is 10.6. The number of esters is 1. The molecule has 0 spiro atoms. The molecule has 0 saturated carbocycles. The van der Waals surface area contributed by atoms with Crippen LogP contribution in [0.5, 0.6) is 0 Å². The lowest BCUT2D eigenvalue weighted by molar-refractivity contribution is -0.156. The van der Waals surface area contributed by atoms with E-state index in [9.17, 15) is 4.79 Å². The van der Waals surface area contributed by atoms with Crippen LogP contribution in [0.4, 0.5) is 5.82 Å². The number of hydrogen-bond acceptors (Lipinski definition) is 7. The average Bonchev–Trinajstić information content (AvgIpc) is 3.13. The zero-order chi connectivity index (χ0) is 16.6. The highest BCUT2D eigenvalue weighted by Crippen LogP contribution is 2.41. The maximum absolute atomic E-state index is 12.6. The van der Waals surface area contributed by atoms with Gasteiger partial charge >= 0.3 is 5.97 Å². The highest BCUT2D eigenvalue weighted by Gasteiger charge is 2.49. The van der Waals surface area contributed by atoms with Crippen LogP contribution in [0, 0.1) is 18.3 Å². The van der Waals surface area contributed by atoms with Gasteiger partial charge in [-0.2, -0.15) is 4.98 Å². The lowest BCUT2D eigenvalue weighted by atomic mass is 9.76. The van der Waals surface area contributed by atoms with Gasteiger partial charge in [0.1, 0.15) is 17.5 Å². The molecule has 1 saturated heterocycles. The maximum atomic E-state index is 12.6. The molecular formula is C16H22N4O3. The Bertz CT molecular complexity index is 727. The lowest BCUT2D eigenvalue weighted by Gasteiger charge is -2.31. The summed E-state index contributed by atoms with van der Waals surface area (Å²) in [7, 11) is 0. The molecule has 2 aromatic rings. The Morgan fingerprint density at radius 2 is 2.26 bits per heavy atom. The summed E-state index contributed by atoms with van der Waals surface area (Å²) in [6, 6.07) is 0. The van der Waals surface area contributed by atoms with Crippen molar-refractivity contribution in [1.29, 1.82) is 0 Å². The summed E-state index contributed by atoms with van der Waals surface area (Å²) in [4.78, 5) is 23.2. The van der Waals surface area contributed by atoms with E-state index in [1.54, 1.807) is 0 Å². The van der Waals surface area contributed by atoms with Crippen molar-refractivity contribution in [2.24, 2.45) is 11.3 Å². The van der Waals surface area contributed by atoms with Crippen molar-refractivity contribution in [3.8, 4) is 0 Å². The quantitative estimate of drug-likeness (QED) is 0.800. The summed E-state index contributed by atoms with van der Waals surface area (Å²) >= 11 is 0. The Balaban J connectivity index is 1.97. The standard InChI is InChI=1S/C16H22N4O3/c1-5-22-15(21)16(10(2)3)6-7-20(8-16)13-12-11(4)19-23-14(12)18-9-17-13/h9-10H,5-8H2,1-4H3. The monoisotopic (exact) mass is 318 g/mol. The first kappa shape index (κ1) is 15.7. The molecular weight excluding hydrogens is 296 g/mol. The summed E-state index contributed by atoms with van der Waals surface area (Å²) in [5, 5.41) is 4.78. The van der Waals surface area contributed by atoms with Gasteiger partial charge in [0.05, 0.1) is 17.7 Å². The molecule has 0 amide bonds. The third kappa shape index (κ3) is 2.44. The maximum Gasteiger partial charge on any atom is 0.314 e. The highest BCUT2D eigenvalue weighted by atomic mass is 16.5. The van der Waals surface area contributed by atoms with Crippen LogP contribution in [0.2, 0.25) is 0 Å². The second kappa shape index (κ2) is 5.79. The molecule has 0 bridgehead atoms. The number of rotatable bonds is 4. The second-order valence-electron chi connectivity index (χ2n) is 6.35. The molecule has 0 aliphatic carbocycles. The van der Waals surface area contributed by atoms with E-state index in [1.807, 2.05) is 13.8 Å². The average molecular weight is 318 g/mol. The fraction of sp³-hybridized carbons (Fsp3) is 0.625. The van der Waals surface area contributed by atoms with Gasteiger partial charge in [-0.05, 0) is 26.2 Å². The Kier molecular flexibility index (Phi) is 3.95. The zero-order valence-electron chi connectivity index (χ0n) is 14.0. The van der Waals surface area contributed by atoms with E-state index in [1.165, 1.54) is 6.33 Å². The largest absolute Gasteiger partial charge is 0.466 e. The highest BCUT2D eigenvalue weighted by molar-refractivity contribution is 5.89. The third-order valence-electron chi connectivity index (χ3n) is 4.81. The van der Waals surface area contributed by atoms with Crippen LogP contribution in [0.15, 0.2) is 10.9 Å². The molecule has 124 valence electrons. The number of ether oxygens (including phenoxy) is 1. The number of aromatic nitrogens is 3. The summed E-state index contributed by atoms with van der Waals surface area (Å²) in [6.07, 6.45) is 2.22. The number of carbonyl (C=O) groups is 1. The predicted octanol–water partition coefficient (Wildman–Crippen LogP) is 2.34. The van der Waals surface area contributed by atoms with E-state index in [4.69, 9.17) is 9.26 Å². The predicted molar refractivity (Wildman–Crippen MR) is 85.1 cm³/mol. The van der Waals surface area contributed by atoms with Crippen LogP contribution in [0.25, 0.3) is 11.1 Å². The van der Waals surface area contributed by atoms with Gasteiger partial charge in [0.15, 0.2) is 0 Å². The van der Waals surface area contributed by atoms with Crippen LogP contribution in [0.1, 0.15) is 32.9 Å². The Morgan fingerprint density at radius 3 is 2.96 bits per heavy atom. The van der Waals surface area contributed by atoms with Gasteiger partial charge in [-0.3, -0.25) is 4.79 Å². The molecule has 1 atom stereocenters. The van der Waals surface area contributed by atoms with E-state index < -0.39 is 5.41 Å². The minimum atomic E-state index is -0.502. The van der Waals surface area contributed by atoms with Crippen molar-refractivity contribution in [3.63, 3.8) is 0 Å². The smallest absolute Gasteiger partial charge is 0.314 e. The molecule has 7 nitrogen and oxygen atoms in total. The lowest BCUT2D eigenvalue weighted by Crippen LogP contribution is -2.40. The molecule has 23 heavy (non-hydrogen) atoms. The van der Waals surface area contributed by atoms with E-state index >= 15 is 0 Å². The minimum Gasteiger partial charge on any atom is -0.466 e. The molecule has 1 aliphatic heterocycles. The molecule has 2 aromatic heterocycles. The van der Waals surface area contributed by atoms with E-state index in [0.717, 1.165) is 29.9 Å². The number of hydrogen-bond donors (Lipinski definition) is 0. The number of carbonyl (C=O) groups excluding carboxylic acids is 1. The topological polar surface area (TPSA) is 81.4 Å². The first-order valence-corrected chi connectivity index (χ1v) is 7.98. The number of anilines is 1. The molecule has 3 rings (SSSR count). The second-order valence-corrected chi connectivity index (χ2v) is 6.35.